The topological polar surface area (TPSA) is 79.9 Å². The maximum atomic E-state index is 12.4. The molecule has 1 saturated carbocycles. The van der Waals surface area contributed by atoms with Gasteiger partial charge in [-0.25, -0.2) is 0 Å². The molecule has 0 saturated heterocycles. The molecule has 0 bridgehead atoms. The number of ether oxygens (including phenoxy) is 2. The van der Waals surface area contributed by atoms with Gasteiger partial charge in [-0.05, 0) is 45.5 Å². The van der Waals surface area contributed by atoms with Crippen molar-refractivity contribution in [2.24, 2.45) is 5.92 Å². The number of hydrogen-bond donors (Lipinski definition) is 2. The summed E-state index contributed by atoms with van der Waals surface area (Å²) in [5.41, 5.74) is 0. The summed E-state index contributed by atoms with van der Waals surface area (Å²) in [5.74, 6) is 0.377. The smallest absolute Gasteiger partial charge is 0.258 e. The van der Waals surface area contributed by atoms with Crippen molar-refractivity contribution in [1.29, 1.82) is 0 Å². The maximum absolute atomic E-state index is 12.4. The van der Waals surface area contributed by atoms with Gasteiger partial charge in [-0.3, -0.25) is 9.59 Å². The van der Waals surface area contributed by atoms with Gasteiger partial charge in [0.25, 0.3) is 5.91 Å². The van der Waals surface area contributed by atoms with Crippen molar-refractivity contribution < 1.29 is 19.1 Å². The molecular weight excluding hydrogens is 346 g/mol. The number of benzene rings is 1. The zero-order valence-corrected chi connectivity index (χ0v) is 16.4. The van der Waals surface area contributed by atoms with Crippen molar-refractivity contribution in [3.63, 3.8) is 0 Å². The summed E-state index contributed by atoms with van der Waals surface area (Å²) < 4.78 is 11.0. The molecule has 3 atom stereocenters. The van der Waals surface area contributed by atoms with Crippen molar-refractivity contribution in [1.82, 2.24) is 15.5 Å². The van der Waals surface area contributed by atoms with E-state index >= 15 is 0 Å². The summed E-state index contributed by atoms with van der Waals surface area (Å²) in [6.45, 7) is 1.37. The van der Waals surface area contributed by atoms with Gasteiger partial charge in [0.1, 0.15) is 5.75 Å². The van der Waals surface area contributed by atoms with Crippen molar-refractivity contribution in [3.05, 3.63) is 30.3 Å². The van der Waals surface area contributed by atoms with Crippen LogP contribution in [0, 0.1) is 5.92 Å². The van der Waals surface area contributed by atoms with Crippen LogP contribution in [0.4, 0.5) is 0 Å². The lowest BCUT2D eigenvalue weighted by molar-refractivity contribution is -0.130. The monoisotopic (exact) mass is 377 g/mol. The van der Waals surface area contributed by atoms with Gasteiger partial charge in [-0.2, -0.15) is 0 Å². The van der Waals surface area contributed by atoms with Gasteiger partial charge in [-0.15, -0.1) is 0 Å². The molecule has 0 aliphatic heterocycles. The minimum atomic E-state index is -0.209. The van der Waals surface area contributed by atoms with Crippen molar-refractivity contribution >= 4 is 11.8 Å². The first-order valence-corrected chi connectivity index (χ1v) is 9.42. The number of para-hydroxylation sites is 1. The Morgan fingerprint density at radius 1 is 1.19 bits per heavy atom. The Morgan fingerprint density at radius 2 is 1.93 bits per heavy atom. The third kappa shape index (κ3) is 7.19. The Morgan fingerprint density at radius 3 is 2.59 bits per heavy atom. The van der Waals surface area contributed by atoms with E-state index in [0.29, 0.717) is 18.7 Å². The largest absolute Gasteiger partial charge is 0.484 e. The molecule has 2 rings (SSSR count). The first-order valence-electron chi connectivity index (χ1n) is 9.42. The standard InChI is InChI=1S/C20H31N3O4/c1-23(2)12-11-21-20(25)15-9-10-18(26-3)17(13-15)22-19(24)14-27-16-7-5-4-6-8-16/h4-8,15,17-18H,9-14H2,1-3H3,(H,21,25)(H,22,24)/t15-,17+,18+/m0/s1. The lowest BCUT2D eigenvalue weighted by Gasteiger charge is -2.35. The summed E-state index contributed by atoms with van der Waals surface area (Å²) in [5, 5.41) is 5.95. The zero-order valence-electron chi connectivity index (χ0n) is 16.4. The molecular formula is C20H31N3O4. The Hall–Kier alpha value is -2.12. The fourth-order valence-electron chi connectivity index (χ4n) is 3.28. The summed E-state index contributed by atoms with van der Waals surface area (Å²) in [6.07, 6.45) is 1.99. The Bertz CT molecular complexity index is 594. The van der Waals surface area contributed by atoms with Gasteiger partial charge in [0.2, 0.25) is 5.91 Å². The van der Waals surface area contributed by atoms with Crippen LogP contribution in [-0.4, -0.2) is 69.8 Å². The van der Waals surface area contributed by atoms with Crippen LogP contribution in [0.1, 0.15) is 19.3 Å². The Labute approximate surface area is 161 Å². The number of rotatable bonds is 9. The predicted molar refractivity (Wildman–Crippen MR) is 104 cm³/mol. The molecule has 2 amide bonds. The molecule has 0 spiro atoms. The molecule has 1 fully saturated rings. The normalized spacial score (nSPS) is 22.3. The highest BCUT2D eigenvalue weighted by molar-refractivity contribution is 5.80. The number of nitrogens with zero attached hydrogens (tertiary/aromatic N) is 1. The van der Waals surface area contributed by atoms with E-state index in [2.05, 4.69) is 10.6 Å². The highest BCUT2D eigenvalue weighted by Gasteiger charge is 2.34. The van der Waals surface area contributed by atoms with Crippen molar-refractivity contribution in [2.45, 2.75) is 31.4 Å². The molecule has 27 heavy (non-hydrogen) atoms. The molecule has 1 aliphatic rings. The number of methoxy groups -OCH3 is 1. The van der Waals surface area contributed by atoms with Crippen LogP contribution in [0.25, 0.3) is 0 Å². The summed E-state index contributed by atoms with van der Waals surface area (Å²) in [4.78, 5) is 26.7. The molecule has 0 aromatic heterocycles. The second kappa shape index (κ2) is 10.9. The maximum Gasteiger partial charge on any atom is 0.258 e. The average Bonchev–Trinajstić information content (AvgIpc) is 2.66. The molecule has 1 aromatic rings. The quantitative estimate of drug-likeness (QED) is 0.672. The molecule has 0 unspecified atom stereocenters. The molecule has 0 radical (unpaired) electrons. The molecule has 0 heterocycles. The number of carbonyl (C=O) groups is 2. The fraction of sp³-hybridized carbons (Fsp3) is 0.600. The number of carbonyl (C=O) groups excluding carboxylic acids is 2. The summed E-state index contributed by atoms with van der Waals surface area (Å²) in [7, 11) is 5.58. The van der Waals surface area contributed by atoms with Gasteiger partial charge >= 0.3 is 0 Å². The van der Waals surface area contributed by atoms with Gasteiger partial charge in [0, 0.05) is 26.1 Å². The number of hydrogen-bond acceptors (Lipinski definition) is 5. The minimum Gasteiger partial charge on any atom is -0.484 e. The van der Waals surface area contributed by atoms with Gasteiger partial charge in [0.15, 0.2) is 6.61 Å². The van der Waals surface area contributed by atoms with E-state index in [0.717, 1.165) is 19.4 Å². The van der Waals surface area contributed by atoms with Crippen LogP contribution < -0.4 is 15.4 Å². The third-order valence-electron chi connectivity index (χ3n) is 4.78. The Kier molecular flexibility index (Phi) is 8.54. The summed E-state index contributed by atoms with van der Waals surface area (Å²) in [6, 6.07) is 9.02. The van der Waals surface area contributed by atoms with E-state index in [9.17, 15) is 9.59 Å². The third-order valence-corrected chi connectivity index (χ3v) is 4.78. The second-order valence-electron chi connectivity index (χ2n) is 7.15. The first-order chi connectivity index (χ1) is 13.0. The zero-order chi connectivity index (χ0) is 19.6. The van der Waals surface area contributed by atoms with Gasteiger partial charge in [-0.1, -0.05) is 18.2 Å². The number of nitrogens with one attached hydrogen (secondary N) is 2. The van der Waals surface area contributed by atoms with Crippen LogP contribution in [0.15, 0.2) is 30.3 Å². The van der Waals surface area contributed by atoms with Crippen LogP contribution in [-0.2, 0) is 14.3 Å². The molecule has 1 aliphatic carbocycles. The summed E-state index contributed by atoms with van der Waals surface area (Å²) >= 11 is 0. The highest BCUT2D eigenvalue weighted by atomic mass is 16.5. The Balaban J connectivity index is 1.82. The molecule has 150 valence electrons. The van der Waals surface area contributed by atoms with E-state index in [1.807, 2.05) is 37.2 Å². The van der Waals surface area contributed by atoms with E-state index in [4.69, 9.17) is 9.47 Å². The lowest BCUT2D eigenvalue weighted by atomic mass is 9.83. The van der Waals surface area contributed by atoms with E-state index in [1.54, 1.807) is 19.2 Å². The van der Waals surface area contributed by atoms with Gasteiger partial charge in [0.05, 0.1) is 12.1 Å². The van der Waals surface area contributed by atoms with Crippen LogP contribution >= 0.6 is 0 Å². The average molecular weight is 377 g/mol. The van der Waals surface area contributed by atoms with Gasteiger partial charge < -0.3 is 25.0 Å². The van der Waals surface area contributed by atoms with E-state index in [1.165, 1.54) is 0 Å². The predicted octanol–water partition coefficient (Wildman–Crippen LogP) is 1.04. The SMILES string of the molecule is CO[C@@H]1CC[C@H](C(=O)NCCN(C)C)C[C@H]1NC(=O)COc1ccccc1. The van der Waals surface area contributed by atoms with Crippen LogP contribution in [0.3, 0.4) is 0 Å². The fourth-order valence-corrected chi connectivity index (χ4v) is 3.28. The van der Waals surface area contributed by atoms with Crippen LogP contribution in [0.5, 0.6) is 5.75 Å². The molecule has 7 heteroatoms. The molecule has 2 N–H and O–H groups in total. The van der Waals surface area contributed by atoms with E-state index < -0.39 is 0 Å². The molecule has 1 aromatic carbocycles. The lowest BCUT2D eigenvalue weighted by Crippen LogP contribution is -2.51. The van der Waals surface area contributed by atoms with Crippen LogP contribution in [0.2, 0.25) is 0 Å². The first kappa shape index (κ1) is 21.2. The van der Waals surface area contributed by atoms with Crippen molar-refractivity contribution in [2.75, 3.05) is 40.9 Å². The highest BCUT2D eigenvalue weighted by Crippen LogP contribution is 2.26. The number of likely N-dealkylation sites (N-methyl/N-ethyl adjacent to an activating group) is 1. The second-order valence-corrected chi connectivity index (χ2v) is 7.15. The van der Waals surface area contributed by atoms with E-state index in [-0.39, 0.29) is 36.5 Å². The van der Waals surface area contributed by atoms with Crippen molar-refractivity contribution in [3.8, 4) is 5.75 Å². The minimum absolute atomic E-state index is 0.0474. The number of amides is 2. The molecule has 7 nitrogen and oxygen atoms in total.